The molecule has 0 unspecified atom stereocenters. The standard InChI is InChI=1S/C19H19FN2O2/c1-13(23)21-16-6-8-17(9-7-16)22-18(24)19(10-3-11-19)14-4-2-5-15(20)12-14/h2,4-9,12H,3,10-11H2,1H3,(H,21,23)(H,22,24). The minimum Gasteiger partial charge on any atom is -0.326 e. The third-order valence-corrected chi connectivity index (χ3v) is 4.48. The molecule has 0 atom stereocenters. The van der Waals surface area contributed by atoms with E-state index in [4.69, 9.17) is 0 Å². The maximum absolute atomic E-state index is 13.5. The van der Waals surface area contributed by atoms with E-state index in [9.17, 15) is 14.0 Å². The Kier molecular flexibility index (Phi) is 4.34. The van der Waals surface area contributed by atoms with Gasteiger partial charge in [-0.3, -0.25) is 9.59 Å². The van der Waals surface area contributed by atoms with Gasteiger partial charge >= 0.3 is 0 Å². The summed E-state index contributed by atoms with van der Waals surface area (Å²) in [6.07, 6.45) is 2.38. The molecule has 1 fully saturated rings. The predicted octanol–water partition coefficient (Wildman–Crippen LogP) is 3.84. The van der Waals surface area contributed by atoms with Crippen LogP contribution in [0.1, 0.15) is 31.7 Å². The van der Waals surface area contributed by atoms with Crippen molar-refractivity contribution >= 4 is 23.2 Å². The molecule has 2 aromatic rings. The fraction of sp³-hybridized carbons (Fsp3) is 0.263. The SMILES string of the molecule is CC(=O)Nc1ccc(NC(=O)C2(c3cccc(F)c3)CCC2)cc1. The number of hydrogen-bond acceptors (Lipinski definition) is 2. The Labute approximate surface area is 140 Å². The van der Waals surface area contributed by atoms with E-state index < -0.39 is 5.41 Å². The van der Waals surface area contributed by atoms with Crippen LogP contribution in [0.3, 0.4) is 0 Å². The zero-order valence-corrected chi connectivity index (χ0v) is 13.4. The van der Waals surface area contributed by atoms with Crippen molar-refractivity contribution in [2.75, 3.05) is 10.6 Å². The molecule has 1 saturated carbocycles. The predicted molar refractivity (Wildman–Crippen MR) is 91.3 cm³/mol. The molecule has 0 bridgehead atoms. The van der Waals surface area contributed by atoms with E-state index in [2.05, 4.69) is 10.6 Å². The van der Waals surface area contributed by atoms with Crippen LogP contribution in [-0.2, 0) is 15.0 Å². The van der Waals surface area contributed by atoms with Gasteiger partial charge in [0, 0.05) is 18.3 Å². The lowest BCUT2D eigenvalue weighted by molar-refractivity contribution is -0.124. The number of carbonyl (C=O) groups excluding carboxylic acids is 2. The maximum Gasteiger partial charge on any atom is 0.235 e. The van der Waals surface area contributed by atoms with Gasteiger partial charge in [-0.25, -0.2) is 4.39 Å². The summed E-state index contributed by atoms with van der Waals surface area (Å²) < 4.78 is 13.5. The van der Waals surface area contributed by atoms with Crippen LogP contribution in [-0.4, -0.2) is 11.8 Å². The molecule has 24 heavy (non-hydrogen) atoms. The van der Waals surface area contributed by atoms with Crippen molar-refractivity contribution in [2.24, 2.45) is 0 Å². The van der Waals surface area contributed by atoms with Crippen LogP contribution in [0.4, 0.5) is 15.8 Å². The summed E-state index contributed by atoms with van der Waals surface area (Å²) in [5, 5.41) is 5.59. The fourth-order valence-corrected chi connectivity index (χ4v) is 3.05. The first-order chi connectivity index (χ1) is 11.5. The Morgan fingerprint density at radius 1 is 1.00 bits per heavy atom. The lowest BCUT2D eigenvalue weighted by Crippen LogP contribution is -2.46. The lowest BCUT2D eigenvalue weighted by Gasteiger charge is -2.40. The van der Waals surface area contributed by atoms with Crippen molar-refractivity contribution in [1.82, 2.24) is 0 Å². The van der Waals surface area contributed by atoms with Gasteiger partial charge in [0.05, 0.1) is 5.41 Å². The second-order valence-electron chi connectivity index (χ2n) is 6.16. The number of carbonyl (C=O) groups is 2. The number of halogens is 1. The second-order valence-corrected chi connectivity index (χ2v) is 6.16. The summed E-state index contributed by atoms with van der Waals surface area (Å²) in [6.45, 7) is 1.44. The number of benzene rings is 2. The highest BCUT2D eigenvalue weighted by atomic mass is 19.1. The zero-order chi connectivity index (χ0) is 17.2. The van der Waals surface area contributed by atoms with Crippen LogP contribution in [0.15, 0.2) is 48.5 Å². The van der Waals surface area contributed by atoms with Crippen LogP contribution in [0.2, 0.25) is 0 Å². The van der Waals surface area contributed by atoms with E-state index in [1.165, 1.54) is 19.1 Å². The van der Waals surface area contributed by atoms with Gasteiger partial charge in [-0.05, 0) is 54.8 Å². The van der Waals surface area contributed by atoms with Gasteiger partial charge in [0.15, 0.2) is 0 Å². The molecule has 0 aromatic heterocycles. The summed E-state index contributed by atoms with van der Waals surface area (Å²) in [5.74, 6) is -0.593. The molecule has 0 spiro atoms. The normalized spacial score (nSPS) is 15.2. The van der Waals surface area contributed by atoms with Crippen molar-refractivity contribution < 1.29 is 14.0 Å². The third-order valence-electron chi connectivity index (χ3n) is 4.48. The molecule has 2 N–H and O–H groups in total. The summed E-state index contributed by atoms with van der Waals surface area (Å²) in [5.41, 5.74) is 1.39. The minimum absolute atomic E-state index is 0.119. The van der Waals surface area contributed by atoms with Crippen molar-refractivity contribution in [2.45, 2.75) is 31.6 Å². The first-order valence-corrected chi connectivity index (χ1v) is 7.95. The molecule has 4 nitrogen and oxygen atoms in total. The molecule has 2 aromatic carbocycles. The summed E-state index contributed by atoms with van der Waals surface area (Å²) in [7, 11) is 0. The van der Waals surface area contributed by atoms with E-state index in [0.717, 1.165) is 12.0 Å². The van der Waals surface area contributed by atoms with E-state index >= 15 is 0 Å². The average Bonchev–Trinajstić information content (AvgIpc) is 2.48. The number of anilines is 2. The van der Waals surface area contributed by atoms with Gasteiger partial charge in [-0.1, -0.05) is 18.6 Å². The molecule has 5 heteroatoms. The van der Waals surface area contributed by atoms with Crippen molar-refractivity contribution in [3.8, 4) is 0 Å². The molecular formula is C19H19FN2O2. The van der Waals surface area contributed by atoms with Gasteiger partial charge < -0.3 is 10.6 Å². The van der Waals surface area contributed by atoms with Gasteiger partial charge in [-0.2, -0.15) is 0 Å². The molecule has 0 saturated heterocycles. The Hall–Kier alpha value is -2.69. The molecule has 0 heterocycles. The summed E-state index contributed by atoms with van der Waals surface area (Å²) in [6, 6.07) is 13.2. The second kappa shape index (κ2) is 6.43. The topological polar surface area (TPSA) is 58.2 Å². The van der Waals surface area contributed by atoms with E-state index in [1.54, 1.807) is 30.3 Å². The summed E-state index contributed by atoms with van der Waals surface area (Å²) in [4.78, 5) is 23.8. The van der Waals surface area contributed by atoms with Crippen LogP contribution in [0, 0.1) is 5.82 Å². The zero-order valence-electron chi connectivity index (χ0n) is 13.4. The first kappa shape index (κ1) is 16.2. The highest BCUT2D eigenvalue weighted by Gasteiger charge is 2.45. The smallest absolute Gasteiger partial charge is 0.235 e. The Morgan fingerprint density at radius 3 is 2.12 bits per heavy atom. The van der Waals surface area contributed by atoms with Crippen LogP contribution in [0.25, 0.3) is 0 Å². The molecular weight excluding hydrogens is 307 g/mol. The maximum atomic E-state index is 13.5. The van der Waals surface area contributed by atoms with Crippen molar-refractivity contribution in [1.29, 1.82) is 0 Å². The molecule has 1 aliphatic carbocycles. The number of hydrogen-bond donors (Lipinski definition) is 2. The molecule has 2 amide bonds. The van der Waals surface area contributed by atoms with Gasteiger partial charge in [0.25, 0.3) is 0 Å². The Morgan fingerprint density at radius 2 is 1.62 bits per heavy atom. The molecule has 0 aliphatic heterocycles. The highest BCUT2D eigenvalue weighted by Crippen LogP contribution is 2.44. The van der Waals surface area contributed by atoms with E-state index in [0.29, 0.717) is 24.2 Å². The fourth-order valence-electron chi connectivity index (χ4n) is 3.05. The van der Waals surface area contributed by atoms with Gasteiger partial charge in [0.1, 0.15) is 5.82 Å². The quantitative estimate of drug-likeness (QED) is 0.897. The molecule has 0 radical (unpaired) electrons. The number of rotatable bonds is 4. The van der Waals surface area contributed by atoms with Crippen LogP contribution >= 0.6 is 0 Å². The first-order valence-electron chi connectivity index (χ1n) is 7.95. The van der Waals surface area contributed by atoms with E-state index in [-0.39, 0.29) is 17.6 Å². The molecule has 124 valence electrons. The lowest BCUT2D eigenvalue weighted by atomic mass is 9.63. The van der Waals surface area contributed by atoms with Crippen LogP contribution in [0.5, 0.6) is 0 Å². The molecule has 3 rings (SSSR count). The number of amides is 2. The van der Waals surface area contributed by atoms with Crippen LogP contribution < -0.4 is 10.6 Å². The van der Waals surface area contributed by atoms with E-state index in [1.807, 2.05) is 6.07 Å². The third kappa shape index (κ3) is 3.15. The minimum atomic E-state index is -0.654. The number of nitrogens with one attached hydrogen (secondary N) is 2. The Bertz CT molecular complexity index is 767. The monoisotopic (exact) mass is 326 g/mol. The average molecular weight is 326 g/mol. The highest BCUT2D eigenvalue weighted by molar-refractivity contribution is 6.00. The van der Waals surface area contributed by atoms with Gasteiger partial charge in [-0.15, -0.1) is 0 Å². The Balaban J connectivity index is 1.77. The molecule has 1 aliphatic rings. The summed E-state index contributed by atoms with van der Waals surface area (Å²) >= 11 is 0. The van der Waals surface area contributed by atoms with Crippen molar-refractivity contribution in [3.63, 3.8) is 0 Å². The van der Waals surface area contributed by atoms with Crippen molar-refractivity contribution in [3.05, 3.63) is 59.9 Å². The van der Waals surface area contributed by atoms with Gasteiger partial charge in [0.2, 0.25) is 11.8 Å². The largest absolute Gasteiger partial charge is 0.326 e.